The molecule has 0 saturated carbocycles. The first-order chi connectivity index (χ1) is 21.1. The number of hydrogen-bond donors (Lipinski definition) is 0. The van der Waals surface area contributed by atoms with E-state index in [0.29, 0.717) is 31.3 Å². The van der Waals surface area contributed by atoms with E-state index in [1.807, 2.05) is 48.5 Å². The molecule has 1 aliphatic rings. The van der Waals surface area contributed by atoms with Gasteiger partial charge in [0.05, 0.1) is 39.6 Å². The number of ether oxygens (including phenoxy) is 7. The lowest BCUT2D eigenvalue weighted by atomic mass is 9.78. The molecule has 2 aromatic rings. The Balaban J connectivity index is 1.48. The molecule has 2 atom stereocenters. The molecule has 0 N–H and O–H groups in total. The van der Waals surface area contributed by atoms with Crippen molar-refractivity contribution in [3.63, 3.8) is 0 Å². The zero-order valence-corrected chi connectivity index (χ0v) is 26.4. The summed E-state index contributed by atoms with van der Waals surface area (Å²) in [4.78, 5) is 23.2. The lowest BCUT2D eigenvalue weighted by Crippen LogP contribution is -2.45. The number of rotatable bonds is 20. The van der Waals surface area contributed by atoms with Gasteiger partial charge in [-0.25, -0.2) is 9.59 Å². The summed E-state index contributed by atoms with van der Waals surface area (Å²) in [5.41, 5.74) is 2.04. The van der Waals surface area contributed by atoms with Crippen molar-refractivity contribution in [2.24, 2.45) is 5.41 Å². The third kappa shape index (κ3) is 10.5. The summed E-state index contributed by atoms with van der Waals surface area (Å²) in [5, 5.41) is 0. The van der Waals surface area contributed by atoms with Crippen LogP contribution in [0.25, 0.3) is 0 Å². The van der Waals surface area contributed by atoms with Crippen LogP contribution in [0.4, 0.5) is 0 Å². The molecule has 1 saturated heterocycles. The van der Waals surface area contributed by atoms with E-state index in [0.717, 1.165) is 42.9 Å². The highest BCUT2D eigenvalue weighted by molar-refractivity contribution is 5.81. The molecule has 1 fully saturated rings. The second-order valence-corrected chi connectivity index (χ2v) is 11.5. The van der Waals surface area contributed by atoms with Crippen molar-refractivity contribution in [3.8, 4) is 11.5 Å². The first-order valence-electron chi connectivity index (χ1n) is 15.0. The van der Waals surface area contributed by atoms with Crippen molar-refractivity contribution in [3.05, 3.63) is 85.0 Å². The Morgan fingerprint density at radius 1 is 0.841 bits per heavy atom. The van der Waals surface area contributed by atoms with Gasteiger partial charge in [0.25, 0.3) is 0 Å². The van der Waals surface area contributed by atoms with Gasteiger partial charge < -0.3 is 33.2 Å². The Morgan fingerprint density at radius 3 is 1.86 bits per heavy atom. The van der Waals surface area contributed by atoms with E-state index in [4.69, 9.17) is 33.2 Å². The molecule has 9 nitrogen and oxygen atoms in total. The quantitative estimate of drug-likeness (QED) is 0.110. The first-order valence-corrected chi connectivity index (χ1v) is 15.0. The van der Waals surface area contributed by atoms with Gasteiger partial charge in [0, 0.05) is 23.0 Å². The summed E-state index contributed by atoms with van der Waals surface area (Å²) in [5.74, 6) is 0.325. The molecule has 2 aromatic carbocycles. The fourth-order valence-electron chi connectivity index (χ4n) is 4.52. The molecule has 0 spiro atoms. The monoisotopic (exact) mass is 610 g/mol. The maximum atomic E-state index is 11.9. The molecular formula is C35H46O9. The molecule has 240 valence electrons. The predicted molar refractivity (Wildman–Crippen MR) is 167 cm³/mol. The van der Waals surface area contributed by atoms with E-state index in [2.05, 4.69) is 33.9 Å². The van der Waals surface area contributed by atoms with E-state index < -0.39 is 18.0 Å². The van der Waals surface area contributed by atoms with E-state index in [1.54, 1.807) is 6.92 Å². The highest BCUT2D eigenvalue weighted by atomic mass is 16.6. The Morgan fingerprint density at radius 2 is 1.36 bits per heavy atom. The minimum absolute atomic E-state index is 0.130. The molecule has 0 bridgehead atoms. The average Bonchev–Trinajstić information content (AvgIpc) is 3.01. The van der Waals surface area contributed by atoms with Crippen molar-refractivity contribution in [2.45, 2.75) is 51.7 Å². The van der Waals surface area contributed by atoms with Gasteiger partial charge in [-0.3, -0.25) is 0 Å². The zero-order chi connectivity index (χ0) is 32.0. The number of carbonyl (C=O) groups excluding carboxylic acids is 2. The smallest absolute Gasteiger partial charge is 0.330 e. The summed E-state index contributed by atoms with van der Waals surface area (Å²) >= 11 is 0. The van der Waals surface area contributed by atoms with Gasteiger partial charge in [-0.15, -0.1) is 0 Å². The number of benzene rings is 2. The van der Waals surface area contributed by atoms with Crippen molar-refractivity contribution in [1.29, 1.82) is 0 Å². The van der Waals surface area contributed by atoms with Crippen LogP contribution in [0, 0.1) is 5.41 Å². The second kappa shape index (κ2) is 17.0. The largest absolute Gasteiger partial charge is 0.490 e. The highest BCUT2D eigenvalue weighted by Gasteiger charge is 2.36. The van der Waals surface area contributed by atoms with Gasteiger partial charge in [-0.1, -0.05) is 58.2 Å². The first kappa shape index (κ1) is 34.8. The van der Waals surface area contributed by atoms with Gasteiger partial charge in [0.2, 0.25) is 0 Å². The van der Waals surface area contributed by atoms with Crippen LogP contribution in [0.5, 0.6) is 11.5 Å². The van der Waals surface area contributed by atoms with Crippen LogP contribution in [0.3, 0.4) is 0 Å². The molecule has 0 aliphatic carbocycles. The maximum Gasteiger partial charge on any atom is 0.330 e. The number of hydrogen-bond acceptors (Lipinski definition) is 9. The fraction of sp³-hybridized carbons (Fsp3) is 0.486. The predicted octanol–water partition coefficient (Wildman–Crippen LogP) is 5.45. The minimum Gasteiger partial charge on any atom is -0.490 e. The minimum atomic E-state index is -0.601. The van der Waals surface area contributed by atoms with Crippen LogP contribution in [0.15, 0.2) is 73.8 Å². The fourth-order valence-corrected chi connectivity index (χ4v) is 4.52. The second-order valence-electron chi connectivity index (χ2n) is 11.5. The van der Waals surface area contributed by atoms with E-state index >= 15 is 0 Å². The van der Waals surface area contributed by atoms with Crippen molar-refractivity contribution in [1.82, 2.24) is 0 Å². The van der Waals surface area contributed by atoms with Crippen LogP contribution in [0.2, 0.25) is 0 Å². The number of carbonyl (C=O) groups is 2. The third-order valence-corrected chi connectivity index (χ3v) is 7.66. The zero-order valence-electron chi connectivity index (χ0n) is 26.4. The van der Waals surface area contributed by atoms with Gasteiger partial charge in [0.15, 0.2) is 6.10 Å². The third-order valence-electron chi connectivity index (χ3n) is 7.66. The van der Waals surface area contributed by atoms with Crippen molar-refractivity contribution < 1.29 is 42.7 Å². The summed E-state index contributed by atoms with van der Waals surface area (Å²) in [6.45, 7) is 18.6. The van der Waals surface area contributed by atoms with E-state index in [1.165, 1.54) is 0 Å². The molecular weight excluding hydrogens is 564 g/mol. The number of esters is 2. The van der Waals surface area contributed by atoms with E-state index in [9.17, 15) is 9.59 Å². The molecule has 0 radical (unpaired) electrons. The van der Waals surface area contributed by atoms with Crippen molar-refractivity contribution in [2.75, 3.05) is 52.9 Å². The van der Waals surface area contributed by atoms with Crippen LogP contribution in [-0.2, 0) is 38.7 Å². The maximum absolute atomic E-state index is 11.9. The Labute approximate surface area is 261 Å². The molecule has 1 heterocycles. The topological polar surface area (TPSA) is 98.8 Å². The van der Waals surface area contributed by atoms with Crippen LogP contribution >= 0.6 is 0 Å². The molecule has 9 heteroatoms. The summed E-state index contributed by atoms with van der Waals surface area (Å²) in [7, 11) is 0. The van der Waals surface area contributed by atoms with Gasteiger partial charge >= 0.3 is 11.9 Å². The van der Waals surface area contributed by atoms with Crippen LogP contribution in [-0.4, -0.2) is 77.0 Å². The van der Waals surface area contributed by atoms with Crippen LogP contribution < -0.4 is 9.47 Å². The molecule has 2 unspecified atom stereocenters. The Bertz CT molecular complexity index is 1190. The van der Waals surface area contributed by atoms with E-state index in [-0.39, 0.29) is 36.8 Å². The molecule has 0 aromatic heterocycles. The molecule has 44 heavy (non-hydrogen) atoms. The molecule has 3 rings (SSSR count). The Hall–Kier alpha value is -3.66. The molecule has 1 aliphatic heterocycles. The Kier molecular flexibility index (Phi) is 13.4. The average molecular weight is 611 g/mol. The summed E-state index contributed by atoms with van der Waals surface area (Å²) in [6, 6.07) is 15.7. The molecule has 0 amide bonds. The standard InChI is InChI=1S/C35H46O9/c1-7-32(36)43-26(4)20-41-29-14-10-27(11-15-29)34(5,6)28-12-16-30(17-13-28)42-22-31(44-33(37)8-2)21-38-18-19-39-23-35(9-3)24-40-25-35/h7-8,10-17,26,31H,1-2,9,18-25H2,3-6H3. The van der Waals surface area contributed by atoms with Crippen molar-refractivity contribution >= 4 is 11.9 Å². The summed E-state index contributed by atoms with van der Waals surface area (Å²) < 4.78 is 39.1. The highest BCUT2D eigenvalue weighted by Crippen LogP contribution is 2.34. The van der Waals surface area contributed by atoms with Gasteiger partial charge in [-0.05, 0) is 48.7 Å². The van der Waals surface area contributed by atoms with Crippen LogP contribution in [0.1, 0.15) is 45.2 Å². The van der Waals surface area contributed by atoms with Gasteiger partial charge in [-0.2, -0.15) is 0 Å². The normalized spacial score (nSPS) is 15.3. The summed E-state index contributed by atoms with van der Waals surface area (Å²) in [6.07, 6.45) is 2.28. The SMILES string of the molecule is C=CC(=O)OC(C)COc1ccc(C(C)(C)c2ccc(OCC(COCCOCC3(CC)COC3)OC(=O)C=C)cc2)cc1. The lowest BCUT2D eigenvalue weighted by molar-refractivity contribution is -0.155. The lowest BCUT2D eigenvalue weighted by Gasteiger charge is -2.40. The van der Waals surface area contributed by atoms with Gasteiger partial charge in [0.1, 0.15) is 30.8 Å².